The minimum Gasteiger partial charge on any atom is -0.495 e. The number of rotatable bonds is 7. The van der Waals surface area contributed by atoms with Gasteiger partial charge in [-0.05, 0) is 36.2 Å². The van der Waals surface area contributed by atoms with E-state index in [0.717, 1.165) is 5.56 Å². The van der Waals surface area contributed by atoms with Crippen molar-refractivity contribution >= 4 is 29.2 Å². The summed E-state index contributed by atoms with van der Waals surface area (Å²) in [6, 6.07) is 14.3. The van der Waals surface area contributed by atoms with Gasteiger partial charge in [0.15, 0.2) is 0 Å². The molecule has 2 aromatic rings. The third-order valence-electron chi connectivity index (χ3n) is 5.06. The third-order valence-corrected chi connectivity index (χ3v) is 5.06. The van der Waals surface area contributed by atoms with Crippen molar-refractivity contribution < 1.29 is 24.2 Å². The molecule has 2 N–H and O–H groups in total. The van der Waals surface area contributed by atoms with Crippen LogP contribution in [-0.4, -0.2) is 36.5 Å². The molecule has 1 aliphatic rings. The normalized spacial score (nSPS) is 17.1. The minimum absolute atomic E-state index is 0.118. The summed E-state index contributed by atoms with van der Waals surface area (Å²) < 4.78 is 5.32. The summed E-state index contributed by atoms with van der Waals surface area (Å²) in [6.07, 6.45) is 0.562. The molecule has 0 aliphatic carbocycles. The number of para-hydroxylation sites is 2. The molecular weight excluding hydrogens is 372 g/mol. The van der Waals surface area contributed by atoms with Gasteiger partial charge < -0.3 is 20.1 Å². The summed E-state index contributed by atoms with van der Waals surface area (Å²) in [4.78, 5) is 37.6. The molecule has 7 heteroatoms. The number of aliphatic carboxylic acids is 1. The minimum atomic E-state index is -0.840. The second-order valence-electron chi connectivity index (χ2n) is 7.21. The number of carbonyl (C=O) groups is 3. The number of nitrogens with zero attached hydrogens (tertiary/aromatic N) is 1. The lowest BCUT2D eigenvalue weighted by Gasteiger charge is -2.19. The molecule has 152 valence electrons. The van der Waals surface area contributed by atoms with Gasteiger partial charge in [0.05, 0.1) is 24.6 Å². The summed E-state index contributed by atoms with van der Waals surface area (Å²) in [7, 11) is 1.55. The SMILES string of the molecule is COc1ccccc1N1CC(C(=O)Nc2ccc(CC(C)C(=O)O)cc2)CC1=O. The molecule has 29 heavy (non-hydrogen) atoms. The number of hydrogen-bond donors (Lipinski definition) is 2. The van der Waals surface area contributed by atoms with E-state index in [4.69, 9.17) is 9.84 Å². The van der Waals surface area contributed by atoms with Crippen LogP contribution in [0.1, 0.15) is 18.9 Å². The number of anilines is 2. The van der Waals surface area contributed by atoms with E-state index in [1.165, 1.54) is 0 Å². The first kappa shape index (κ1) is 20.4. The van der Waals surface area contributed by atoms with Crippen LogP contribution >= 0.6 is 0 Å². The molecule has 2 aromatic carbocycles. The van der Waals surface area contributed by atoms with Crippen molar-refractivity contribution in [3.8, 4) is 5.75 Å². The van der Waals surface area contributed by atoms with E-state index in [0.29, 0.717) is 30.1 Å². The van der Waals surface area contributed by atoms with Crippen molar-refractivity contribution in [2.75, 3.05) is 23.9 Å². The lowest BCUT2D eigenvalue weighted by atomic mass is 10.0. The van der Waals surface area contributed by atoms with Gasteiger partial charge in [-0.3, -0.25) is 14.4 Å². The average Bonchev–Trinajstić information content (AvgIpc) is 3.11. The van der Waals surface area contributed by atoms with Gasteiger partial charge in [0.1, 0.15) is 5.75 Å². The van der Waals surface area contributed by atoms with E-state index in [1.807, 2.05) is 12.1 Å². The number of carboxylic acids is 1. The largest absolute Gasteiger partial charge is 0.495 e. The zero-order valence-electron chi connectivity index (χ0n) is 16.4. The number of carbonyl (C=O) groups excluding carboxylic acids is 2. The monoisotopic (exact) mass is 396 g/mol. The molecule has 1 fully saturated rings. The smallest absolute Gasteiger partial charge is 0.306 e. The molecule has 1 aliphatic heterocycles. The van der Waals surface area contributed by atoms with Crippen LogP contribution in [0.2, 0.25) is 0 Å². The Kier molecular flexibility index (Phi) is 6.16. The number of amides is 2. The highest BCUT2D eigenvalue weighted by atomic mass is 16.5. The third kappa shape index (κ3) is 4.74. The van der Waals surface area contributed by atoms with Gasteiger partial charge in [-0.15, -0.1) is 0 Å². The number of carboxylic acid groups (broad SMARTS) is 1. The number of ether oxygens (including phenoxy) is 1. The van der Waals surface area contributed by atoms with Crippen molar-refractivity contribution in [1.82, 2.24) is 0 Å². The van der Waals surface area contributed by atoms with Crippen LogP contribution in [0.25, 0.3) is 0 Å². The van der Waals surface area contributed by atoms with E-state index < -0.39 is 17.8 Å². The Bertz CT molecular complexity index is 910. The molecule has 0 radical (unpaired) electrons. The molecule has 7 nitrogen and oxygen atoms in total. The maximum absolute atomic E-state index is 12.6. The van der Waals surface area contributed by atoms with E-state index >= 15 is 0 Å². The number of nitrogens with one attached hydrogen (secondary N) is 1. The standard InChI is InChI=1S/C22H24N2O5/c1-14(22(27)28)11-15-7-9-17(10-8-15)23-21(26)16-12-20(25)24(13-16)18-5-3-4-6-19(18)29-2/h3-10,14,16H,11-13H2,1-2H3,(H,23,26)(H,27,28). The first-order chi connectivity index (χ1) is 13.9. The van der Waals surface area contributed by atoms with Crippen LogP contribution in [0.15, 0.2) is 48.5 Å². The van der Waals surface area contributed by atoms with Gasteiger partial charge in [0.2, 0.25) is 11.8 Å². The molecule has 2 atom stereocenters. The number of methoxy groups -OCH3 is 1. The summed E-state index contributed by atoms with van der Waals surface area (Å²) in [5.41, 5.74) is 2.16. The number of hydrogen-bond acceptors (Lipinski definition) is 4. The van der Waals surface area contributed by atoms with Crippen LogP contribution in [0.3, 0.4) is 0 Å². The Balaban J connectivity index is 1.63. The quantitative estimate of drug-likeness (QED) is 0.750. The van der Waals surface area contributed by atoms with Crippen LogP contribution in [0.4, 0.5) is 11.4 Å². The van der Waals surface area contributed by atoms with Gasteiger partial charge in [0.25, 0.3) is 0 Å². The first-order valence-electron chi connectivity index (χ1n) is 9.45. The lowest BCUT2D eigenvalue weighted by Crippen LogP contribution is -2.28. The second kappa shape index (κ2) is 8.77. The Labute approximate surface area is 169 Å². The summed E-state index contributed by atoms with van der Waals surface area (Å²) in [5, 5.41) is 11.8. The summed E-state index contributed by atoms with van der Waals surface area (Å²) in [6.45, 7) is 1.95. The van der Waals surface area contributed by atoms with Crippen molar-refractivity contribution in [2.24, 2.45) is 11.8 Å². The molecule has 1 saturated heterocycles. The van der Waals surface area contributed by atoms with Crippen molar-refractivity contribution in [1.29, 1.82) is 0 Å². The maximum Gasteiger partial charge on any atom is 0.306 e. The van der Waals surface area contributed by atoms with E-state index in [2.05, 4.69) is 5.32 Å². The maximum atomic E-state index is 12.6. The van der Waals surface area contributed by atoms with Crippen molar-refractivity contribution in [3.05, 3.63) is 54.1 Å². The molecule has 1 heterocycles. The highest BCUT2D eigenvalue weighted by molar-refractivity contribution is 6.04. The van der Waals surface area contributed by atoms with E-state index in [-0.39, 0.29) is 18.2 Å². The zero-order chi connectivity index (χ0) is 21.0. The second-order valence-corrected chi connectivity index (χ2v) is 7.21. The average molecular weight is 396 g/mol. The Hall–Kier alpha value is -3.35. The molecule has 2 amide bonds. The molecule has 0 saturated carbocycles. The fraction of sp³-hybridized carbons (Fsp3) is 0.318. The zero-order valence-corrected chi connectivity index (χ0v) is 16.4. The van der Waals surface area contributed by atoms with Crippen molar-refractivity contribution in [2.45, 2.75) is 19.8 Å². The topological polar surface area (TPSA) is 95.9 Å². The summed E-state index contributed by atoms with van der Waals surface area (Å²) >= 11 is 0. The lowest BCUT2D eigenvalue weighted by molar-refractivity contribution is -0.141. The first-order valence-corrected chi connectivity index (χ1v) is 9.45. The molecule has 3 rings (SSSR count). The molecule has 2 unspecified atom stereocenters. The highest BCUT2D eigenvalue weighted by Gasteiger charge is 2.36. The van der Waals surface area contributed by atoms with Crippen LogP contribution < -0.4 is 15.0 Å². The predicted molar refractivity (Wildman–Crippen MR) is 109 cm³/mol. The fourth-order valence-corrected chi connectivity index (χ4v) is 3.38. The van der Waals surface area contributed by atoms with Gasteiger partial charge in [-0.2, -0.15) is 0 Å². The van der Waals surface area contributed by atoms with Gasteiger partial charge >= 0.3 is 5.97 Å². The van der Waals surface area contributed by atoms with Crippen LogP contribution in [-0.2, 0) is 20.8 Å². The van der Waals surface area contributed by atoms with Gasteiger partial charge in [-0.25, -0.2) is 0 Å². The van der Waals surface area contributed by atoms with Crippen molar-refractivity contribution in [3.63, 3.8) is 0 Å². The van der Waals surface area contributed by atoms with Crippen LogP contribution in [0.5, 0.6) is 5.75 Å². The predicted octanol–water partition coefficient (Wildman–Crippen LogP) is 2.95. The molecule has 0 spiro atoms. The summed E-state index contributed by atoms with van der Waals surface area (Å²) in [5.74, 6) is -1.52. The Morgan fingerprint density at radius 3 is 2.55 bits per heavy atom. The fourth-order valence-electron chi connectivity index (χ4n) is 3.38. The van der Waals surface area contributed by atoms with Crippen LogP contribution in [0, 0.1) is 11.8 Å². The Morgan fingerprint density at radius 1 is 1.21 bits per heavy atom. The van der Waals surface area contributed by atoms with Gasteiger partial charge in [0, 0.05) is 18.7 Å². The molecule has 0 bridgehead atoms. The van der Waals surface area contributed by atoms with E-state index in [9.17, 15) is 14.4 Å². The molecule has 0 aromatic heterocycles. The highest BCUT2D eigenvalue weighted by Crippen LogP contribution is 2.33. The molecular formula is C22H24N2O5. The van der Waals surface area contributed by atoms with Gasteiger partial charge in [-0.1, -0.05) is 31.2 Å². The number of benzene rings is 2. The Morgan fingerprint density at radius 2 is 1.90 bits per heavy atom. The van der Waals surface area contributed by atoms with E-state index in [1.54, 1.807) is 55.3 Å².